The largest absolute Gasteiger partial charge is 0.416 e. The van der Waals surface area contributed by atoms with Gasteiger partial charge in [-0.15, -0.1) is 0 Å². The predicted molar refractivity (Wildman–Crippen MR) is 96.4 cm³/mol. The molecule has 0 atom stereocenters. The third kappa shape index (κ3) is 4.46. The normalized spacial score (nSPS) is 11.0. The van der Waals surface area contributed by atoms with Crippen LogP contribution >= 0.6 is 0 Å². The number of nitro benzene ring substituents is 1. The Morgan fingerprint density at radius 3 is 2.30 bits per heavy atom. The van der Waals surface area contributed by atoms with E-state index in [4.69, 9.17) is 0 Å². The predicted octanol–water partition coefficient (Wildman–Crippen LogP) is 3.97. The zero-order valence-corrected chi connectivity index (χ0v) is 14.7. The second-order valence-corrected chi connectivity index (χ2v) is 5.82. The van der Waals surface area contributed by atoms with Crippen molar-refractivity contribution in [3.8, 4) is 0 Å². The van der Waals surface area contributed by atoms with Crippen LogP contribution < -0.4 is 15.5 Å². The quantitative estimate of drug-likeness (QED) is 0.603. The molecule has 2 rings (SSSR count). The van der Waals surface area contributed by atoms with Crippen molar-refractivity contribution in [1.29, 1.82) is 0 Å². The fraction of sp³-hybridized carbons (Fsp3) is 0.235. The third-order valence-corrected chi connectivity index (χ3v) is 3.78. The molecule has 7 nitrogen and oxygen atoms in total. The van der Waals surface area contributed by atoms with Crippen molar-refractivity contribution in [3.63, 3.8) is 0 Å². The van der Waals surface area contributed by atoms with Gasteiger partial charge < -0.3 is 15.5 Å². The second-order valence-electron chi connectivity index (χ2n) is 5.82. The summed E-state index contributed by atoms with van der Waals surface area (Å²) < 4.78 is 38.9. The van der Waals surface area contributed by atoms with E-state index in [9.17, 15) is 28.1 Å². The van der Waals surface area contributed by atoms with Gasteiger partial charge >= 0.3 is 6.18 Å². The van der Waals surface area contributed by atoms with Gasteiger partial charge in [-0.1, -0.05) is 0 Å². The van der Waals surface area contributed by atoms with Crippen LogP contribution in [0.25, 0.3) is 0 Å². The number of nitrogens with one attached hydrogen (secondary N) is 2. The summed E-state index contributed by atoms with van der Waals surface area (Å²) >= 11 is 0. The van der Waals surface area contributed by atoms with Crippen molar-refractivity contribution in [2.24, 2.45) is 0 Å². The molecule has 0 spiro atoms. The van der Waals surface area contributed by atoms with Crippen LogP contribution in [0.5, 0.6) is 0 Å². The SMILES string of the molecule is CNc1ccc(C(=O)Nc2cc(C(F)(F)F)ccc2N(C)C)cc1[N+](=O)[O-]. The molecule has 2 aromatic carbocycles. The summed E-state index contributed by atoms with van der Waals surface area (Å²) in [5, 5.41) is 16.2. The van der Waals surface area contributed by atoms with Crippen molar-refractivity contribution >= 4 is 28.7 Å². The van der Waals surface area contributed by atoms with E-state index in [1.54, 1.807) is 19.0 Å². The standard InChI is InChI=1S/C17H17F3N4O3/c1-21-12-6-4-10(8-15(12)24(26)27)16(25)22-13-9-11(17(18,19)20)5-7-14(13)23(2)3/h4-9,21H,1-3H3,(H,22,25). The first-order chi connectivity index (χ1) is 12.5. The van der Waals surface area contributed by atoms with E-state index in [0.29, 0.717) is 5.69 Å². The molecule has 2 N–H and O–H groups in total. The van der Waals surface area contributed by atoms with E-state index >= 15 is 0 Å². The molecule has 2 aromatic rings. The Hall–Kier alpha value is -3.30. The Bertz CT molecular complexity index is 882. The molecule has 0 radical (unpaired) electrons. The topological polar surface area (TPSA) is 87.5 Å². The summed E-state index contributed by atoms with van der Waals surface area (Å²) in [6.07, 6.45) is -4.57. The van der Waals surface area contributed by atoms with E-state index in [1.807, 2.05) is 0 Å². The highest BCUT2D eigenvalue weighted by Gasteiger charge is 2.31. The average Bonchev–Trinajstić information content (AvgIpc) is 2.59. The number of benzene rings is 2. The van der Waals surface area contributed by atoms with E-state index in [1.165, 1.54) is 25.2 Å². The lowest BCUT2D eigenvalue weighted by molar-refractivity contribution is -0.384. The number of halogens is 3. The molecule has 10 heteroatoms. The van der Waals surface area contributed by atoms with Crippen molar-refractivity contribution in [2.75, 3.05) is 36.7 Å². The van der Waals surface area contributed by atoms with Crippen LogP contribution in [0.1, 0.15) is 15.9 Å². The minimum Gasteiger partial charge on any atom is -0.383 e. The van der Waals surface area contributed by atoms with Gasteiger partial charge in [-0.2, -0.15) is 13.2 Å². The molecular weight excluding hydrogens is 365 g/mol. The number of nitrogens with zero attached hydrogens (tertiary/aromatic N) is 2. The highest BCUT2D eigenvalue weighted by Crippen LogP contribution is 2.35. The lowest BCUT2D eigenvalue weighted by Crippen LogP contribution is -2.18. The van der Waals surface area contributed by atoms with Crippen LogP contribution in [-0.4, -0.2) is 32.0 Å². The molecule has 0 saturated carbocycles. The molecule has 0 bridgehead atoms. The van der Waals surface area contributed by atoms with Gasteiger partial charge in [-0.25, -0.2) is 0 Å². The van der Waals surface area contributed by atoms with Gasteiger partial charge in [0.15, 0.2) is 0 Å². The molecule has 0 unspecified atom stereocenters. The zero-order chi connectivity index (χ0) is 20.4. The first kappa shape index (κ1) is 20.0. The molecule has 0 aliphatic rings. The van der Waals surface area contributed by atoms with E-state index in [-0.39, 0.29) is 22.6 Å². The van der Waals surface area contributed by atoms with E-state index in [0.717, 1.165) is 18.2 Å². The van der Waals surface area contributed by atoms with Gasteiger partial charge in [0.25, 0.3) is 11.6 Å². The number of rotatable bonds is 5. The summed E-state index contributed by atoms with van der Waals surface area (Å²) in [6, 6.07) is 6.74. The maximum absolute atomic E-state index is 13.0. The number of nitro groups is 1. The van der Waals surface area contributed by atoms with Gasteiger partial charge in [0.1, 0.15) is 5.69 Å². The van der Waals surface area contributed by atoms with Gasteiger partial charge in [-0.05, 0) is 30.3 Å². The van der Waals surface area contributed by atoms with Crippen LogP contribution in [0.3, 0.4) is 0 Å². The van der Waals surface area contributed by atoms with Crippen LogP contribution in [0.2, 0.25) is 0 Å². The molecule has 0 aliphatic heterocycles. The molecule has 0 heterocycles. The molecule has 27 heavy (non-hydrogen) atoms. The van der Waals surface area contributed by atoms with E-state index in [2.05, 4.69) is 10.6 Å². The number of hydrogen-bond donors (Lipinski definition) is 2. The maximum Gasteiger partial charge on any atom is 0.416 e. The highest BCUT2D eigenvalue weighted by molar-refractivity contribution is 6.06. The number of carbonyl (C=O) groups is 1. The van der Waals surface area contributed by atoms with Crippen molar-refractivity contribution < 1.29 is 22.9 Å². The Balaban J connectivity index is 2.42. The number of amides is 1. The summed E-state index contributed by atoms with van der Waals surface area (Å²) in [5.41, 5.74) is -0.771. The van der Waals surface area contributed by atoms with Gasteiger partial charge in [0.05, 0.1) is 21.9 Å². The minimum atomic E-state index is -4.57. The zero-order valence-electron chi connectivity index (χ0n) is 14.7. The van der Waals surface area contributed by atoms with Crippen LogP contribution in [0.4, 0.5) is 35.9 Å². The van der Waals surface area contributed by atoms with Gasteiger partial charge in [-0.3, -0.25) is 14.9 Å². The molecule has 0 aromatic heterocycles. The van der Waals surface area contributed by atoms with Crippen LogP contribution in [0, 0.1) is 10.1 Å². The van der Waals surface area contributed by atoms with Crippen molar-refractivity contribution in [3.05, 3.63) is 57.6 Å². The van der Waals surface area contributed by atoms with Crippen LogP contribution in [-0.2, 0) is 6.18 Å². The van der Waals surface area contributed by atoms with Gasteiger partial charge in [0, 0.05) is 32.8 Å². The minimum absolute atomic E-state index is 0.0529. The maximum atomic E-state index is 13.0. The first-order valence-electron chi connectivity index (χ1n) is 7.70. The molecule has 1 amide bonds. The monoisotopic (exact) mass is 382 g/mol. The summed E-state index contributed by atoms with van der Waals surface area (Å²) in [6.45, 7) is 0. The van der Waals surface area contributed by atoms with Crippen molar-refractivity contribution in [2.45, 2.75) is 6.18 Å². The smallest absolute Gasteiger partial charge is 0.383 e. The molecule has 0 saturated heterocycles. The third-order valence-electron chi connectivity index (χ3n) is 3.78. The fourth-order valence-corrected chi connectivity index (χ4v) is 2.43. The number of alkyl halides is 3. The summed E-state index contributed by atoms with van der Waals surface area (Å²) in [5.74, 6) is -0.761. The summed E-state index contributed by atoms with van der Waals surface area (Å²) in [7, 11) is 4.73. The molecular formula is C17H17F3N4O3. The molecule has 0 aliphatic carbocycles. The number of hydrogen-bond acceptors (Lipinski definition) is 5. The average molecular weight is 382 g/mol. The fourth-order valence-electron chi connectivity index (χ4n) is 2.43. The lowest BCUT2D eigenvalue weighted by Gasteiger charge is -2.20. The lowest BCUT2D eigenvalue weighted by atomic mass is 10.1. The summed E-state index contributed by atoms with van der Waals surface area (Å²) in [4.78, 5) is 24.5. The first-order valence-corrected chi connectivity index (χ1v) is 7.70. The number of carbonyl (C=O) groups excluding carboxylic acids is 1. The van der Waals surface area contributed by atoms with Crippen molar-refractivity contribution in [1.82, 2.24) is 0 Å². The highest BCUT2D eigenvalue weighted by atomic mass is 19.4. The Kier molecular flexibility index (Phi) is 5.58. The van der Waals surface area contributed by atoms with Crippen LogP contribution in [0.15, 0.2) is 36.4 Å². The Labute approximate surface area is 152 Å². The number of anilines is 3. The Morgan fingerprint density at radius 1 is 1.11 bits per heavy atom. The van der Waals surface area contributed by atoms with E-state index < -0.39 is 22.6 Å². The Morgan fingerprint density at radius 2 is 1.78 bits per heavy atom. The van der Waals surface area contributed by atoms with Gasteiger partial charge in [0.2, 0.25) is 0 Å². The molecule has 0 fully saturated rings. The molecule has 144 valence electrons. The second kappa shape index (κ2) is 7.52.